The molecule has 0 aromatic heterocycles. The van der Waals surface area contributed by atoms with Gasteiger partial charge in [-0.05, 0) is 12.8 Å². The second kappa shape index (κ2) is 5.28. The van der Waals surface area contributed by atoms with E-state index in [4.69, 9.17) is 0 Å². The smallest absolute Gasteiger partial charge is 0.227 e. The van der Waals surface area contributed by atoms with Crippen LogP contribution in [-0.4, -0.2) is 47.8 Å². The van der Waals surface area contributed by atoms with Crippen LogP contribution in [0.3, 0.4) is 0 Å². The Bertz CT molecular complexity index is 199. The molecule has 2 heteroatoms. The molecule has 0 radical (unpaired) electrons. The van der Waals surface area contributed by atoms with Crippen LogP contribution in [-0.2, 0) is 0 Å². The summed E-state index contributed by atoms with van der Waals surface area (Å²) >= 11 is 0. The first kappa shape index (κ1) is 9.88. The average molecular weight is 194 g/mol. The third-order valence-corrected chi connectivity index (χ3v) is 3.27. The number of piperidine rings is 2. The molecule has 0 spiro atoms. The topological polar surface area (TPSA) is 6.02 Å². The van der Waals surface area contributed by atoms with Crippen LogP contribution >= 0.6 is 0 Å². The van der Waals surface area contributed by atoms with E-state index in [1.165, 1.54) is 64.7 Å². The minimum absolute atomic E-state index is 1.27. The zero-order chi connectivity index (χ0) is 9.64. The fraction of sp³-hybridized carbons (Fsp3) is 0.833. The molecule has 2 rings (SSSR count). The Hall–Kier alpha value is -0.660. The van der Waals surface area contributed by atoms with E-state index in [-0.39, 0.29) is 0 Å². The first-order valence-electron chi connectivity index (χ1n) is 6.11. The van der Waals surface area contributed by atoms with Crippen molar-refractivity contribution in [1.82, 2.24) is 0 Å². The van der Waals surface area contributed by atoms with Gasteiger partial charge in [0.25, 0.3) is 0 Å². The summed E-state index contributed by atoms with van der Waals surface area (Å²) < 4.78 is 4.94. The zero-order valence-corrected chi connectivity index (χ0v) is 9.12. The number of hydrogen-bond donors (Lipinski definition) is 0. The predicted octanol–water partition coefficient (Wildman–Crippen LogP) is 1.52. The van der Waals surface area contributed by atoms with E-state index in [1.807, 2.05) is 0 Å². The molecule has 0 N–H and O–H groups in total. The Morgan fingerprint density at radius 1 is 0.500 bits per heavy atom. The largest absolute Gasteiger partial charge is 0.231 e. The summed E-state index contributed by atoms with van der Waals surface area (Å²) in [6, 6.07) is 0. The highest BCUT2D eigenvalue weighted by molar-refractivity contribution is 6.10. The summed E-state index contributed by atoms with van der Waals surface area (Å²) in [4.78, 5) is 0. The van der Waals surface area contributed by atoms with Crippen LogP contribution in [0.4, 0.5) is 0 Å². The fourth-order valence-electron chi connectivity index (χ4n) is 2.32. The summed E-state index contributed by atoms with van der Waals surface area (Å²) in [6.45, 7) is 5.07. The normalized spacial score (nSPS) is 23.4. The molecule has 2 heterocycles. The molecular weight excluding hydrogens is 172 g/mol. The van der Waals surface area contributed by atoms with Gasteiger partial charge in [-0.25, -0.2) is 9.15 Å². The summed E-state index contributed by atoms with van der Waals surface area (Å²) in [5, 5.41) is 0. The summed E-state index contributed by atoms with van der Waals surface area (Å²) in [5.74, 6) is 0. The van der Waals surface area contributed by atoms with Crippen molar-refractivity contribution in [2.75, 3.05) is 26.2 Å². The molecular formula is C12H22N2+2. The average Bonchev–Trinajstić information content (AvgIpc) is 2.29. The maximum Gasteiger partial charge on any atom is 0.227 e. The van der Waals surface area contributed by atoms with Crippen LogP contribution in [0.2, 0.25) is 0 Å². The van der Waals surface area contributed by atoms with Gasteiger partial charge in [0.2, 0.25) is 12.4 Å². The predicted molar refractivity (Wildman–Crippen MR) is 59.8 cm³/mol. The molecule has 14 heavy (non-hydrogen) atoms. The van der Waals surface area contributed by atoms with Crippen molar-refractivity contribution in [3.63, 3.8) is 0 Å². The van der Waals surface area contributed by atoms with Gasteiger partial charge in [-0.15, -0.1) is 0 Å². The lowest BCUT2D eigenvalue weighted by molar-refractivity contribution is -0.544. The molecule has 2 aliphatic rings. The molecule has 0 atom stereocenters. The van der Waals surface area contributed by atoms with Gasteiger partial charge in [-0.3, -0.25) is 0 Å². The van der Waals surface area contributed by atoms with E-state index in [2.05, 4.69) is 21.6 Å². The number of nitrogens with zero attached hydrogens (tertiary/aromatic N) is 2. The highest BCUT2D eigenvalue weighted by Crippen LogP contribution is 2.04. The van der Waals surface area contributed by atoms with Crippen LogP contribution in [0.5, 0.6) is 0 Å². The van der Waals surface area contributed by atoms with E-state index in [9.17, 15) is 0 Å². The first-order valence-corrected chi connectivity index (χ1v) is 6.11. The summed E-state index contributed by atoms with van der Waals surface area (Å²) in [5.41, 5.74) is 0. The molecule has 0 aromatic carbocycles. The van der Waals surface area contributed by atoms with Crippen LogP contribution in [0.25, 0.3) is 0 Å². The Kier molecular flexibility index (Phi) is 3.72. The van der Waals surface area contributed by atoms with Crippen molar-refractivity contribution in [3.8, 4) is 0 Å². The molecule has 0 unspecified atom stereocenters. The Morgan fingerprint density at radius 2 is 0.857 bits per heavy atom. The first-order chi connectivity index (χ1) is 6.95. The van der Waals surface area contributed by atoms with E-state index < -0.39 is 0 Å². The zero-order valence-electron chi connectivity index (χ0n) is 9.12. The molecule has 2 saturated heterocycles. The number of rotatable bonds is 1. The lowest BCUT2D eigenvalue weighted by Crippen LogP contribution is -2.26. The van der Waals surface area contributed by atoms with Gasteiger partial charge in [0.1, 0.15) is 26.2 Å². The van der Waals surface area contributed by atoms with Gasteiger partial charge >= 0.3 is 0 Å². The van der Waals surface area contributed by atoms with Crippen LogP contribution in [0.1, 0.15) is 38.5 Å². The van der Waals surface area contributed by atoms with Gasteiger partial charge in [0.15, 0.2) is 0 Å². The van der Waals surface area contributed by atoms with Crippen molar-refractivity contribution in [3.05, 3.63) is 0 Å². The van der Waals surface area contributed by atoms with Crippen LogP contribution in [0, 0.1) is 0 Å². The molecule has 0 saturated carbocycles. The highest BCUT2D eigenvalue weighted by Gasteiger charge is 2.12. The van der Waals surface area contributed by atoms with Gasteiger partial charge < -0.3 is 0 Å². The van der Waals surface area contributed by atoms with Crippen LogP contribution in [0.15, 0.2) is 0 Å². The minimum Gasteiger partial charge on any atom is -0.231 e. The maximum absolute atomic E-state index is 2.47. The van der Waals surface area contributed by atoms with E-state index >= 15 is 0 Å². The van der Waals surface area contributed by atoms with Crippen molar-refractivity contribution in [2.24, 2.45) is 0 Å². The molecule has 78 valence electrons. The van der Waals surface area contributed by atoms with E-state index in [1.54, 1.807) is 0 Å². The number of hydrogen-bond acceptors (Lipinski definition) is 0. The molecule has 2 fully saturated rings. The standard InChI is InChI=1S/C12H22N2/c1-3-7-13(8-4-1)11-12-14-9-5-2-6-10-14/h11-12H,1-10H2/q+2. The monoisotopic (exact) mass is 194 g/mol. The summed E-state index contributed by atoms with van der Waals surface area (Å²) in [6.07, 6.45) is 13.0. The lowest BCUT2D eigenvalue weighted by Gasteiger charge is -2.09. The molecule has 2 aliphatic heterocycles. The molecule has 0 amide bonds. The third-order valence-electron chi connectivity index (χ3n) is 3.27. The quantitative estimate of drug-likeness (QED) is 0.558. The molecule has 2 nitrogen and oxygen atoms in total. The van der Waals surface area contributed by atoms with Crippen molar-refractivity contribution in [2.45, 2.75) is 38.5 Å². The molecule has 0 aliphatic carbocycles. The maximum atomic E-state index is 2.47. The lowest BCUT2D eigenvalue weighted by atomic mass is 10.1. The second-order valence-electron chi connectivity index (χ2n) is 4.49. The van der Waals surface area contributed by atoms with Gasteiger partial charge in [-0.2, -0.15) is 0 Å². The minimum atomic E-state index is 1.27. The Labute approximate surface area is 87.0 Å². The SMILES string of the molecule is C(C=[N+]1CCCCC1)=[N+]1CCCCC1. The van der Waals surface area contributed by atoms with Crippen molar-refractivity contribution >= 4 is 12.4 Å². The van der Waals surface area contributed by atoms with Gasteiger partial charge in [0.05, 0.1) is 0 Å². The Balaban J connectivity index is 1.88. The van der Waals surface area contributed by atoms with Gasteiger partial charge in [-0.1, -0.05) is 0 Å². The van der Waals surface area contributed by atoms with E-state index in [0.717, 1.165) is 0 Å². The Morgan fingerprint density at radius 3 is 1.21 bits per heavy atom. The van der Waals surface area contributed by atoms with E-state index in [0.29, 0.717) is 0 Å². The summed E-state index contributed by atoms with van der Waals surface area (Å²) in [7, 11) is 0. The fourth-order valence-corrected chi connectivity index (χ4v) is 2.32. The second-order valence-corrected chi connectivity index (χ2v) is 4.49. The highest BCUT2D eigenvalue weighted by atomic mass is 15.0. The van der Waals surface area contributed by atoms with Gasteiger partial charge in [0, 0.05) is 25.7 Å². The third kappa shape index (κ3) is 2.93. The molecule has 0 aromatic rings. The van der Waals surface area contributed by atoms with Crippen LogP contribution < -0.4 is 0 Å². The van der Waals surface area contributed by atoms with Crippen molar-refractivity contribution < 1.29 is 9.15 Å². The molecule has 0 bridgehead atoms. The van der Waals surface area contributed by atoms with Crippen molar-refractivity contribution in [1.29, 1.82) is 0 Å².